The number of hydrogen-bond donors (Lipinski definition) is 0. The zero-order valence-corrected chi connectivity index (χ0v) is 16.4. The van der Waals surface area contributed by atoms with Gasteiger partial charge in [0.1, 0.15) is 6.61 Å². The van der Waals surface area contributed by atoms with E-state index in [1.165, 1.54) is 9.21 Å². The van der Waals surface area contributed by atoms with Gasteiger partial charge in [-0.15, -0.1) is 11.8 Å². The summed E-state index contributed by atoms with van der Waals surface area (Å²) in [5.41, 5.74) is 1.04. The molecule has 2 aliphatic heterocycles. The third kappa shape index (κ3) is 3.86. The zero-order valence-electron chi connectivity index (χ0n) is 14.8. The maximum atomic E-state index is 12.7. The summed E-state index contributed by atoms with van der Waals surface area (Å²) in [4.78, 5) is 13.5. The highest BCUT2D eigenvalue weighted by molar-refractivity contribution is 8.01. The second-order valence-electron chi connectivity index (χ2n) is 7.01. The van der Waals surface area contributed by atoms with Crippen LogP contribution in [0.4, 0.5) is 0 Å². The van der Waals surface area contributed by atoms with E-state index in [4.69, 9.17) is 4.74 Å². The summed E-state index contributed by atoms with van der Waals surface area (Å²) in [6.45, 7) is 3.04. The molecule has 0 aromatic heterocycles. The minimum atomic E-state index is -3.42. The molecule has 0 radical (unpaired) electrons. The number of ether oxygens (including phenoxy) is 1. The Morgan fingerprint density at radius 3 is 2.56 bits per heavy atom. The van der Waals surface area contributed by atoms with Gasteiger partial charge in [0.25, 0.3) is 0 Å². The minimum Gasteiger partial charge on any atom is -0.367 e. The number of nitrogens with zero attached hydrogens (tertiary/aromatic N) is 2. The van der Waals surface area contributed by atoms with Crippen LogP contribution in [0.3, 0.4) is 0 Å². The predicted octanol–water partition coefficient (Wildman–Crippen LogP) is 1.35. The van der Waals surface area contributed by atoms with Crippen LogP contribution < -0.4 is 0 Å². The van der Waals surface area contributed by atoms with Crippen molar-refractivity contribution < 1.29 is 17.9 Å². The summed E-state index contributed by atoms with van der Waals surface area (Å²) in [6.07, 6.45) is 0.802. The van der Waals surface area contributed by atoms with E-state index in [1.807, 2.05) is 19.1 Å². The second kappa shape index (κ2) is 6.90. The first kappa shape index (κ1) is 18.7. The van der Waals surface area contributed by atoms with Gasteiger partial charge in [0.15, 0.2) is 0 Å². The molecule has 3 rings (SSSR count). The van der Waals surface area contributed by atoms with Crippen LogP contribution in [0.2, 0.25) is 0 Å². The lowest BCUT2D eigenvalue weighted by molar-refractivity contribution is -0.135. The average Bonchev–Trinajstić information content (AvgIpc) is 2.96. The van der Waals surface area contributed by atoms with Crippen LogP contribution in [0, 0.1) is 6.92 Å². The summed E-state index contributed by atoms with van der Waals surface area (Å²) < 4.78 is 32.5. The number of benzene rings is 1. The summed E-state index contributed by atoms with van der Waals surface area (Å²) in [5.74, 6) is 0.752. The van der Waals surface area contributed by atoms with Crippen molar-refractivity contribution in [2.24, 2.45) is 0 Å². The lowest BCUT2D eigenvalue weighted by Gasteiger charge is -2.46. The number of rotatable bonds is 5. The fourth-order valence-corrected chi connectivity index (χ4v) is 6.40. The van der Waals surface area contributed by atoms with Crippen molar-refractivity contribution in [1.82, 2.24) is 9.21 Å². The topological polar surface area (TPSA) is 66.9 Å². The molecule has 0 unspecified atom stereocenters. The Bertz CT molecular complexity index is 740. The van der Waals surface area contributed by atoms with Crippen molar-refractivity contribution in [2.75, 3.05) is 39.5 Å². The number of carbonyl (C=O) groups excluding carboxylic acids is 1. The van der Waals surface area contributed by atoms with Crippen molar-refractivity contribution in [3.05, 3.63) is 29.8 Å². The number of carbonyl (C=O) groups is 1. The standard InChI is InChI=1S/C17H24N2O4S2/c1-13-4-6-15(7-5-13)25(21,22)19-11-17(12-19)8-14(10-24-17)23-9-16(20)18(2)3/h4-7,14H,8-12H2,1-3H3/t14-/m0/s1. The van der Waals surface area contributed by atoms with E-state index in [-0.39, 0.29) is 23.4 Å². The molecule has 0 N–H and O–H groups in total. The van der Waals surface area contributed by atoms with Gasteiger partial charge in [-0.2, -0.15) is 4.31 Å². The van der Waals surface area contributed by atoms with Crippen LogP contribution in [0.5, 0.6) is 0 Å². The molecule has 0 bridgehead atoms. The molecule has 2 aliphatic rings. The lowest BCUT2D eigenvalue weighted by Crippen LogP contribution is -2.60. The maximum absolute atomic E-state index is 12.7. The Balaban J connectivity index is 1.55. The van der Waals surface area contributed by atoms with Crippen LogP contribution in [-0.2, 0) is 19.6 Å². The van der Waals surface area contributed by atoms with Crippen LogP contribution in [0.1, 0.15) is 12.0 Å². The highest BCUT2D eigenvalue weighted by atomic mass is 32.2. The Kier molecular flexibility index (Phi) is 5.16. The van der Waals surface area contributed by atoms with Crippen LogP contribution in [0.15, 0.2) is 29.2 Å². The summed E-state index contributed by atoms with van der Waals surface area (Å²) in [6, 6.07) is 6.96. The summed E-state index contributed by atoms with van der Waals surface area (Å²) in [5, 5.41) is 0. The highest BCUT2D eigenvalue weighted by Gasteiger charge is 2.53. The van der Waals surface area contributed by atoms with Gasteiger partial charge in [0, 0.05) is 37.7 Å². The second-order valence-corrected chi connectivity index (χ2v) is 10.4. The molecule has 1 aromatic carbocycles. The van der Waals surface area contributed by atoms with Crippen molar-refractivity contribution in [1.29, 1.82) is 0 Å². The molecule has 1 atom stereocenters. The first-order chi connectivity index (χ1) is 11.7. The van der Waals surface area contributed by atoms with Gasteiger partial charge in [-0.25, -0.2) is 8.42 Å². The lowest BCUT2D eigenvalue weighted by atomic mass is 9.95. The Labute approximate surface area is 153 Å². The van der Waals surface area contributed by atoms with E-state index in [1.54, 1.807) is 38.0 Å². The Morgan fingerprint density at radius 1 is 1.32 bits per heavy atom. The molecule has 2 heterocycles. The van der Waals surface area contributed by atoms with E-state index in [9.17, 15) is 13.2 Å². The predicted molar refractivity (Wildman–Crippen MR) is 98.2 cm³/mol. The van der Waals surface area contributed by atoms with Gasteiger partial charge in [-0.1, -0.05) is 17.7 Å². The SMILES string of the molecule is Cc1ccc(S(=O)(=O)N2CC3(C[C@H](OCC(=O)N(C)C)CS3)C2)cc1. The molecular weight excluding hydrogens is 360 g/mol. The van der Waals surface area contributed by atoms with Crippen molar-refractivity contribution in [3.8, 4) is 0 Å². The maximum Gasteiger partial charge on any atom is 0.248 e. The minimum absolute atomic E-state index is 0.0122. The molecule has 0 aliphatic carbocycles. The van der Waals surface area contributed by atoms with Crippen molar-refractivity contribution >= 4 is 27.7 Å². The first-order valence-corrected chi connectivity index (χ1v) is 10.7. The van der Waals surface area contributed by atoms with E-state index in [2.05, 4.69) is 0 Å². The van der Waals surface area contributed by atoms with E-state index in [0.717, 1.165) is 17.7 Å². The summed E-state index contributed by atoms with van der Waals surface area (Å²) in [7, 11) is -0.00912. The van der Waals surface area contributed by atoms with Gasteiger partial charge in [0.2, 0.25) is 15.9 Å². The van der Waals surface area contributed by atoms with Gasteiger partial charge < -0.3 is 9.64 Å². The molecule has 138 valence electrons. The summed E-state index contributed by atoms with van der Waals surface area (Å²) >= 11 is 1.76. The number of thioether (sulfide) groups is 1. The van der Waals surface area contributed by atoms with Gasteiger partial charge in [0.05, 0.1) is 11.0 Å². The zero-order chi connectivity index (χ0) is 18.2. The number of likely N-dealkylation sites (N-methyl/N-ethyl adjacent to an activating group) is 1. The normalized spacial score (nSPS) is 22.8. The molecule has 6 nitrogen and oxygen atoms in total. The number of hydrogen-bond acceptors (Lipinski definition) is 5. The van der Waals surface area contributed by atoms with Crippen molar-refractivity contribution in [3.63, 3.8) is 0 Å². The molecule has 0 saturated carbocycles. The van der Waals surface area contributed by atoms with E-state index < -0.39 is 10.0 Å². The molecule has 2 saturated heterocycles. The van der Waals surface area contributed by atoms with Crippen LogP contribution >= 0.6 is 11.8 Å². The Hall–Kier alpha value is -1.09. The molecule has 1 spiro atoms. The first-order valence-electron chi connectivity index (χ1n) is 8.24. The van der Waals surface area contributed by atoms with Crippen molar-refractivity contribution in [2.45, 2.75) is 29.1 Å². The fourth-order valence-electron chi connectivity index (χ4n) is 3.07. The highest BCUT2D eigenvalue weighted by Crippen LogP contribution is 2.47. The number of sulfonamides is 1. The third-order valence-electron chi connectivity index (χ3n) is 4.70. The third-order valence-corrected chi connectivity index (χ3v) is 8.09. The molecular formula is C17H24N2O4S2. The molecule has 2 fully saturated rings. The fraction of sp³-hybridized carbons (Fsp3) is 0.588. The smallest absolute Gasteiger partial charge is 0.248 e. The number of amides is 1. The molecule has 1 amide bonds. The van der Waals surface area contributed by atoms with Crippen LogP contribution in [-0.4, -0.2) is 73.9 Å². The monoisotopic (exact) mass is 384 g/mol. The molecule has 8 heteroatoms. The van der Waals surface area contributed by atoms with Gasteiger partial charge in [-0.3, -0.25) is 4.79 Å². The molecule has 25 heavy (non-hydrogen) atoms. The van der Waals surface area contributed by atoms with E-state index >= 15 is 0 Å². The quantitative estimate of drug-likeness (QED) is 0.767. The van der Waals surface area contributed by atoms with Gasteiger partial charge >= 0.3 is 0 Å². The van der Waals surface area contributed by atoms with Gasteiger partial charge in [-0.05, 0) is 25.5 Å². The Morgan fingerprint density at radius 2 is 1.96 bits per heavy atom. The number of aryl methyl sites for hydroxylation is 1. The largest absolute Gasteiger partial charge is 0.367 e. The molecule has 1 aromatic rings. The average molecular weight is 385 g/mol. The van der Waals surface area contributed by atoms with Crippen LogP contribution in [0.25, 0.3) is 0 Å². The van der Waals surface area contributed by atoms with E-state index in [0.29, 0.717) is 18.0 Å².